The number of Topliss-reactive ketones (excluding diaryl/α,β-unsaturated/α-hetero) is 1. The molecule has 4 aromatic rings. The Hall–Kier alpha value is -3.88. The molecule has 1 N–H and O–H groups in total. The summed E-state index contributed by atoms with van der Waals surface area (Å²) in [7, 11) is 3.02. The fourth-order valence-corrected chi connectivity index (χ4v) is 5.60. The van der Waals surface area contributed by atoms with E-state index in [4.69, 9.17) is 21.1 Å². The summed E-state index contributed by atoms with van der Waals surface area (Å²) in [6, 6.07) is 16.4. The Labute approximate surface area is 222 Å². The van der Waals surface area contributed by atoms with Crippen molar-refractivity contribution in [3.8, 4) is 11.5 Å². The first-order valence-electron chi connectivity index (χ1n) is 11.5. The zero-order valence-corrected chi connectivity index (χ0v) is 21.9. The molecular formula is C28H23ClN2O5S. The zero-order valence-electron chi connectivity index (χ0n) is 20.3. The van der Waals surface area contributed by atoms with Crippen molar-refractivity contribution in [3.05, 3.63) is 87.9 Å². The number of anilines is 1. The predicted molar refractivity (Wildman–Crippen MR) is 145 cm³/mol. The van der Waals surface area contributed by atoms with Crippen LogP contribution in [0.1, 0.15) is 29.7 Å². The van der Waals surface area contributed by atoms with Crippen LogP contribution >= 0.6 is 22.9 Å². The lowest BCUT2D eigenvalue weighted by molar-refractivity contribution is -0.132. The number of aromatic nitrogens is 1. The minimum Gasteiger partial charge on any atom is -0.507 e. The number of aliphatic hydroxyl groups is 1. The Morgan fingerprint density at radius 3 is 2.49 bits per heavy atom. The number of rotatable bonds is 6. The molecule has 1 aliphatic heterocycles. The maximum Gasteiger partial charge on any atom is 0.301 e. The third kappa shape index (κ3) is 4.32. The molecule has 0 spiro atoms. The average molecular weight is 535 g/mol. The number of amides is 1. The van der Waals surface area contributed by atoms with E-state index in [9.17, 15) is 14.7 Å². The molecule has 9 heteroatoms. The lowest BCUT2D eigenvalue weighted by Crippen LogP contribution is -2.29. The van der Waals surface area contributed by atoms with Crippen molar-refractivity contribution in [2.45, 2.75) is 19.4 Å². The molecule has 1 amide bonds. The van der Waals surface area contributed by atoms with E-state index in [0.717, 1.165) is 16.7 Å². The van der Waals surface area contributed by atoms with Gasteiger partial charge in [-0.2, -0.15) is 0 Å². The molecule has 1 saturated heterocycles. The van der Waals surface area contributed by atoms with Gasteiger partial charge in [-0.05, 0) is 66.6 Å². The number of thiazole rings is 1. The molecule has 0 unspecified atom stereocenters. The van der Waals surface area contributed by atoms with Gasteiger partial charge in [0, 0.05) is 16.1 Å². The number of halogens is 1. The van der Waals surface area contributed by atoms with Gasteiger partial charge >= 0.3 is 5.91 Å². The van der Waals surface area contributed by atoms with Gasteiger partial charge in [0.1, 0.15) is 23.3 Å². The first kappa shape index (κ1) is 24.8. The number of aliphatic hydroxyl groups excluding tert-OH is 1. The van der Waals surface area contributed by atoms with Gasteiger partial charge < -0.3 is 14.6 Å². The summed E-state index contributed by atoms with van der Waals surface area (Å²) < 4.78 is 11.9. The number of hydrogen-bond acceptors (Lipinski definition) is 7. The number of carbonyl (C=O) groups is 2. The summed E-state index contributed by atoms with van der Waals surface area (Å²) in [4.78, 5) is 33.1. The van der Waals surface area contributed by atoms with Crippen LogP contribution in [0.5, 0.6) is 11.5 Å². The van der Waals surface area contributed by atoms with Crippen molar-refractivity contribution < 1.29 is 24.2 Å². The Balaban J connectivity index is 1.77. The largest absolute Gasteiger partial charge is 0.507 e. The monoisotopic (exact) mass is 534 g/mol. The second-order valence-corrected chi connectivity index (χ2v) is 9.88. The molecule has 7 nitrogen and oxygen atoms in total. The van der Waals surface area contributed by atoms with Gasteiger partial charge in [0.2, 0.25) is 0 Å². The van der Waals surface area contributed by atoms with Crippen LogP contribution in [0, 0.1) is 0 Å². The molecule has 0 radical (unpaired) electrons. The second kappa shape index (κ2) is 9.88. The summed E-state index contributed by atoms with van der Waals surface area (Å²) in [5.41, 5.74) is 2.61. The van der Waals surface area contributed by atoms with Crippen molar-refractivity contribution in [3.63, 3.8) is 0 Å². The number of carbonyl (C=O) groups excluding carboxylic acids is 2. The van der Waals surface area contributed by atoms with Gasteiger partial charge in [0.05, 0.1) is 30.0 Å². The minimum absolute atomic E-state index is 0.0765. The number of ether oxygens (including phenoxy) is 2. The van der Waals surface area contributed by atoms with E-state index in [-0.39, 0.29) is 11.3 Å². The molecule has 37 heavy (non-hydrogen) atoms. The lowest BCUT2D eigenvalue weighted by atomic mass is 9.94. The SMILES string of the molecule is CCc1ccc2nc(N3C(=O)C(=O)C(=C(O)c4ccc(Cl)cc4)[C@H]3c3cc(OC)ccc3OC)sc2c1. The Morgan fingerprint density at radius 1 is 1.05 bits per heavy atom. The third-order valence-corrected chi connectivity index (χ3v) is 7.62. The Morgan fingerprint density at radius 2 is 1.81 bits per heavy atom. The fourth-order valence-electron chi connectivity index (χ4n) is 4.42. The maximum atomic E-state index is 13.5. The highest BCUT2D eigenvalue weighted by molar-refractivity contribution is 7.22. The van der Waals surface area contributed by atoms with Gasteiger partial charge in [-0.3, -0.25) is 14.5 Å². The number of nitrogens with zero attached hydrogens (tertiary/aromatic N) is 2. The molecule has 2 heterocycles. The number of aryl methyl sites for hydroxylation is 1. The molecule has 3 aromatic carbocycles. The molecule has 0 saturated carbocycles. The highest BCUT2D eigenvalue weighted by atomic mass is 35.5. The third-order valence-electron chi connectivity index (χ3n) is 6.35. The normalized spacial score (nSPS) is 17.0. The molecule has 188 valence electrons. The molecule has 1 fully saturated rings. The highest BCUT2D eigenvalue weighted by Gasteiger charge is 2.49. The number of benzene rings is 3. The average Bonchev–Trinajstić information content (AvgIpc) is 3.45. The van der Waals surface area contributed by atoms with Crippen LogP contribution in [0.15, 0.2) is 66.2 Å². The number of fused-ring (bicyclic) bond motifs is 1. The first-order chi connectivity index (χ1) is 17.9. The predicted octanol–water partition coefficient (Wildman–Crippen LogP) is 6.16. The van der Waals surface area contributed by atoms with E-state index in [0.29, 0.717) is 38.3 Å². The van der Waals surface area contributed by atoms with Crippen LogP contribution in [0.4, 0.5) is 5.13 Å². The highest BCUT2D eigenvalue weighted by Crippen LogP contribution is 2.47. The van der Waals surface area contributed by atoms with Crippen molar-refractivity contribution in [2.24, 2.45) is 0 Å². The Kier molecular flexibility index (Phi) is 6.62. The smallest absolute Gasteiger partial charge is 0.301 e. The van der Waals surface area contributed by atoms with Crippen molar-refractivity contribution in [1.82, 2.24) is 4.98 Å². The standard InChI is InChI=1S/C28H23ClN2O5S/c1-4-15-5-11-20-22(13-15)37-28(30-20)31-24(19-14-18(35-2)10-12-21(19)36-3)23(26(33)27(31)34)25(32)16-6-8-17(29)9-7-16/h5-14,24,32H,4H2,1-3H3/t24-/m1/s1. The first-order valence-corrected chi connectivity index (χ1v) is 12.7. The van der Waals surface area contributed by atoms with Gasteiger partial charge in [-0.1, -0.05) is 35.9 Å². The van der Waals surface area contributed by atoms with E-state index in [1.54, 1.807) is 42.5 Å². The van der Waals surface area contributed by atoms with Crippen LogP contribution in [0.25, 0.3) is 16.0 Å². The van der Waals surface area contributed by atoms with Gasteiger partial charge in [-0.15, -0.1) is 0 Å². The molecule has 5 rings (SSSR count). The van der Waals surface area contributed by atoms with Crippen molar-refractivity contribution in [2.75, 3.05) is 19.1 Å². The number of methoxy groups -OCH3 is 2. The maximum absolute atomic E-state index is 13.5. The fraction of sp³-hybridized carbons (Fsp3) is 0.179. The van der Waals surface area contributed by atoms with Crippen LogP contribution in [0.2, 0.25) is 5.02 Å². The van der Waals surface area contributed by atoms with Gasteiger partial charge in [0.25, 0.3) is 5.78 Å². The molecule has 0 bridgehead atoms. The van der Waals surface area contributed by atoms with Gasteiger partial charge in [0.15, 0.2) is 5.13 Å². The molecular weight excluding hydrogens is 512 g/mol. The Bertz CT molecular complexity index is 1560. The zero-order chi connectivity index (χ0) is 26.3. The molecule has 1 aromatic heterocycles. The summed E-state index contributed by atoms with van der Waals surface area (Å²) in [6.45, 7) is 2.06. The summed E-state index contributed by atoms with van der Waals surface area (Å²) >= 11 is 7.34. The summed E-state index contributed by atoms with van der Waals surface area (Å²) in [5, 5.41) is 12.2. The lowest BCUT2D eigenvalue weighted by Gasteiger charge is -2.25. The second-order valence-electron chi connectivity index (χ2n) is 8.44. The van der Waals surface area contributed by atoms with Gasteiger partial charge in [-0.25, -0.2) is 4.98 Å². The quantitative estimate of drug-likeness (QED) is 0.181. The minimum atomic E-state index is -1.01. The van der Waals surface area contributed by atoms with E-state index in [1.807, 2.05) is 18.2 Å². The number of ketones is 1. The summed E-state index contributed by atoms with van der Waals surface area (Å²) in [5.74, 6) is -1.00. The topological polar surface area (TPSA) is 89.0 Å². The van der Waals surface area contributed by atoms with Crippen LogP contribution in [0.3, 0.4) is 0 Å². The van der Waals surface area contributed by atoms with E-state index < -0.39 is 17.7 Å². The van der Waals surface area contributed by atoms with Crippen LogP contribution in [-0.4, -0.2) is 36.0 Å². The van der Waals surface area contributed by atoms with Crippen molar-refractivity contribution in [1.29, 1.82) is 0 Å². The van der Waals surface area contributed by atoms with E-state index in [1.165, 1.54) is 30.5 Å². The molecule has 1 atom stereocenters. The van der Waals surface area contributed by atoms with Crippen LogP contribution in [-0.2, 0) is 16.0 Å². The number of hydrogen-bond donors (Lipinski definition) is 1. The van der Waals surface area contributed by atoms with Crippen molar-refractivity contribution >= 4 is 55.7 Å². The summed E-state index contributed by atoms with van der Waals surface area (Å²) in [6.07, 6.45) is 0.857. The van der Waals surface area contributed by atoms with E-state index >= 15 is 0 Å². The van der Waals surface area contributed by atoms with Crippen LogP contribution < -0.4 is 14.4 Å². The molecule has 0 aliphatic carbocycles. The van der Waals surface area contributed by atoms with E-state index in [2.05, 4.69) is 11.9 Å². The molecule has 1 aliphatic rings.